The fraction of sp³-hybridized carbons (Fsp3) is 0.480. The average Bonchev–Trinajstić information content (AvgIpc) is 3.45. The molecule has 3 aromatic rings. The van der Waals surface area contributed by atoms with E-state index < -0.39 is 32.7 Å². The second-order valence-electron chi connectivity index (χ2n) is 11.3. The molecule has 6 nitrogen and oxygen atoms in total. The van der Waals surface area contributed by atoms with Gasteiger partial charge < -0.3 is 0 Å². The van der Waals surface area contributed by atoms with Crippen molar-refractivity contribution >= 4 is 59.0 Å². The van der Waals surface area contributed by atoms with Crippen molar-refractivity contribution in [3.63, 3.8) is 0 Å². The molecule has 1 aromatic carbocycles. The second-order valence-corrected chi connectivity index (χ2v) is 32.1. The van der Waals surface area contributed by atoms with Crippen LogP contribution in [0.3, 0.4) is 0 Å². The summed E-state index contributed by atoms with van der Waals surface area (Å²) in [5, 5.41) is 9.08. The third kappa shape index (κ3) is 7.01. The second kappa shape index (κ2) is 11.1. The van der Waals surface area contributed by atoms with E-state index in [1.807, 2.05) is 23.6 Å². The van der Waals surface area contributed by atoms with Crippen LogP contribution in [0.4, 0.5) is 0 Å². The Bertz CT molecular complexity index is 1140. The molecule has 0 bridgehead atoms. The third-order valence-corrected chi connectivity index (χ3v) is 18.4. The molecule has 3 rings (SSSR count). The topological polar surface area (TPSA) is 90.1 Å². The molecule has 0 unspecified atom stereocenters. The van der Waals surface area contributed by atoms with Gasteiger partial charge >= 0.3 is 224 Å². The molecule has 0 aliphatic rings. The SMILES string of the molecule is CC(C)(C)[Si](C)(C)O[C@@H](c1ccccc1)[C@H](NC(=O)CN)c1nc(-c2n[c]([Sn]([CH3])([CH3])[CH3])cs2)cs1. The molecule has 0 spiro atoms. The van der Waals surface area contributed by atoms with Crippen molar-refractivity contribution in [2.75, 3.05) is 6.54 Å². The zero-order valence-corrected chi connectivity index (χ0v) is 27.5. The molecule has 0 aliphatic carbocycles. The molecule has 2 heterocycles. The van der Waals surface area contributed by atoms with Crippen LogP contribution in [-0.4, -0.2) is 49.1 Å². The first-order chi connectivity index (χ1) is 16.2. The normalized spacial score (nSPS) is 14.5. The van der Waals surface area contributed by atoms with E-state index in [0.717, 1.165) is 21.3 Å². The van der Waals surface area contributed by atoms with Crippen LogP contribution in [0.5, 0.6) is 0 Å². The van der Waals surface area contributed by atoms with Gasteiger partial charge in [-0.2, -0.15) is 0 Å². The van der Waals surface area contributed by atoms with E-state index in [-0.39, 0.29) is 23.6 Å². The number of nitrogens with zero attached hydrogens (tertiary/aromatic N) is 2. The van der Waals surface area contributed by atoms with Gasteiger partial charge in [0.2, 0.25) is 0 Å². The quantitative estimate of drug-likeness (QED) is 0.295. The number of hydrogen-bond donors (Lipinski definition) is 2. The molecule has 0 saturated heterocycles. The van der Waals surface area contributed by atoms with Crippen LogP contribution < -0.4 is 14.8 Å². The van der Waals surface area contributed by atoms with Crippen LogP contribution in [0.15, 0.2) is 41.1 Å². The molecule has 190 valence electrons. The van der Waals surface area contributed by atoms with Gasteiger partial charge in [0.1, 0.15) is 0 Å². The Kier molecular flexibility index (Phi) is 9.02. The van der Waals surface area contributed by atoms with Gasteiger partial charge in [0.25, 0.3) is 0 Å². The minimum absolute atomic E-state index is 0.00657. The van der Waals surface area contributed by atoms with Gasteiger partial charge in [0.15, 0.2) is 0 Å². The van der Waals surface area contributed by atoms with Crippen LogP contribution in [0.2, 0.25) is 33.0 Å². The Balaban J connectivity index is 2.06. The summed E-state index contributed by atoms with van der Waals surface area (Å²) in [5.41, 5.74) is 7.57. The molecule has 0 aliphatic heterocycles. The van der Waals surface area contributed by atoms with Crippen LogP contribution >= 0.6 is 22.7 Å². The first kappa shape index (κ1) is 28.5. The number of rotatable bonds is 9. The van der Waals surface area contributed by atoms with E-state index in [2.05, 4.69) is 71.5 Å². The van der Waals surface area contributed by atoms with Crippen molar-refractivity contribution in [1.29, 1.82) is 0 Å². The van der Waals surface area contributed by atoms with Crippen molar-refractivity contribution in [3.05, 3.63) is 51.7 Å². The van der Waals surface area contributed by atoms with E-state index in [4.69, 9.17) is 20.1 Å². The van der Waals surface area contributed by atoms with Gasteiger partial charge in [0, 0.05) is 0 Å². The molecule has 1 amide bonds. The van der Waals surface area contributed by atoms with Crippen LogP contribution in [0.1, 0.15) is 43.5 Å². The standard InChI is InChI=1S/C22H29N4O2S2Si.3CH3.Sn/c1-22(2,3)31(4,5)28-19(15-9-7-6-8-10-15)18(26-17(27)13-23)21-25-16(14-30-21)20-24-11-12-29-20;;;;/h6-10,12,14,18-19H,13,23H2,1-5H3,(H,26,27);3*1H3;/t18-,19-;;;;/m0..../s1. The summed E-state index contributed by atoms with van der Waals surface area (Å²) in [4.78, 5) is 29.6. The fourth-order valence-electron chi connectivity index (χ4n) is 3.23. The number of carbonyl (C=O) groups excluding carboxylic acids is 1. The maximum atomic E-state index is 12.6. The maximum absolute atomic E-state index is 12.6. The molecule has 3 N–H and O–H groups in total. The summed E-state index contributed by atoms with van der Waals surface area (Å²) in [7, 11) is -2.19. The predicted molar refractivity (Wildman–Crippen MR) is 154 cm³/mol. The van der Waals surface area contributed by atoms with E-state index in [1.165, 1.54) is 15.0 Å². The summed E-state index contributed by atoms with van der Waals surface area (Å²) in [6, 6.07) is 9.64. The Morgan fingerprint density at radius 3 is 2.31 bits per heavy atom. The molecule has 0 radical (unpaired) electrons. The Hall–Kier alpha value is -1.11. The van der Waals surface area contributed by atoms with E-state index in [0.29, 0.717) is 0 Å². The van der Waals surface area contributed by atoms with Gasteiger partial charge in [0.05, 0.1) is 0 Å². The Morgan fingerprint density at radius 2 is 1.77 bits per heavy atom. The van der Waals surface area contributed by atoms with Crippen LogP contribution in [-0.2, 0) is 9.22 Å². The van der Waals surface area contributed by atoms with Gasteiger partial charge in [-0.25, -0.2) is 0 Å². The van der Waals surface area contributed by atoms with E-state index in [9.17, 15) is 4.79 Å². The van der Waals surface area contributed by atoms with Crippen LogP contribution in [0.25, 0.3) is 10.7 Å². The number of hydrogen-bond acceptors (Lipinski definition) is 7. The number of carbonyl (C=O) groups is 1. The molecular weight excluding hydrogens is 599 g/mol. The number of aromatic nitrogens is 2. The monoisotopic (exact) mass is 638 g/mol. The minimum atomic E-state index is -2.26. The molecule has 35 heavy (non-hydrogen) atoms. The number of benzene rings is 1. The van der Waals surface area contributed by atoms with Crippen molar-refractivity contribution in [3.8, 4) is 10.7 Å². The number of thiazole rings is 2. The number of nitrogens with one attached hydrogen (secondary N) is 1. The summed E-state index contributed by atoms with van der Waals surface area (Å²) in [5.74, 6) is -0.232. The fourth-order valence-corrected chi connectivity index (χ4v) is 11.5. The summed E-state index contributed by atoms with van der Waals surface area (Å²) in [6.07, 6.45) is -0.385. The summed E-state index contributed by atoms with van der Waals surface area (Å²) < 4.78 is 8.21. The van der Waals surface area contributed by atoms with Gasteiger partial charge in [-0.05, 0) is 0 Å². The summed E-state index contributed by atoms with van der Waals surface area (Å²) >= 11 is 0.914. The molecule has 2 atom stereocenters. The van der Waals surface area contributed by atoms with Crippen molar-refractivity contribution in [2.45, 2.75) is 65.9 Å². The number of nitrogens with two attached hydrogens (primary N) is 1. The van der Waals surface area contributed by atoms with Gasteiger partial charge in [-0.1, -0.05) is 0 Å². The Morgan fingerprint density at radius 1 is 1.11 bits per heavy atom. The van der Waals surface area contributed by atoms with Gasteiger partial charge in [-0.15, -0.1) is 0 Å². The molecule has 10 heteroatoms. The number of amides is 1. The average molecular weight is 638 g/mol. The molecule has 0 saturated carbocycles. The van der Waals surface area contributed by atoms with Gasteiger partial charge in [-0.3, -0.25) is 0 Å². The first-order valence-corrected chi connectivity index (χ1v) is 26.5. The van der Waals surface area contributed by atoms with Crippen LogP contribution in [0, 0.1) is 0 Å². The molecule has 2 aromatic heterocycles. The predicted octanol–water partition coefficient (Wildman–Crippen LogP) is 5.69. The third-order valence-electron chi connectivity index (χ3n) is 6.44. The van der Waals surface area contributed by atoms with Crippen molar-refractivity contribution in [2.24, 2.45) is 5.73 Å². The summed E-state index contributed by atoms with van der Waals surface area (Å²) in [6.45, 7) is 11.0. The van der Waals surface area contributed by atoms with Crippen molar-refractivity contribution in [1.82, 2.24) is 15.3 Å². The molecule has 0 fully saturated rings. The zero-order valence-electron chi connectivity index (χ0n) is 22.0. The molecular formula is C25H38N4O2S2SiSn. The van der Waals surface area contributed by atoms with Crippen molar-refractivity contribution < 1.29 is 9.22 Å². The van der Waals surface area contributed by atoms with E-state index in [1.54, 1.807) is 11.3 Å². The zero-order chi connectivity index (χ0) is 26.0. The van der Waals surface area contributed by atoms with E-state index >= 15 is 0 Å². The first-order valence-electron chi connectivity index (χ1n) is 11.9. The Labute approximate surface area is 222 Å².